The van der Waals surface area contributed by atoms with Crippen molar-refractivity contribution >= 4 is 36.4 Å². The number of piperazine rings is 1. The molecule has 2 aromatic carbocycles. The Morgan fingerprint density at radius 1 is 1.02 bits per heavy atom. The summed E-state index contributed by atoms with van der Waals surface area (Å²) in [5.41, 5.74) is 5.95. The van der Waals surface area contributed by atoms with Crippen LogP contribution in [-0.4, -0.2) is 84.1 Å². The van der Waals surface area contributed by atoms with Crippen LogP contribution in [0.1, 0.15) is 46.5 Å². The normalized spacial score (nSPS) is 15.4. The fourth-order valence-electron chi connectivity index (χ4n) is 5.59. The number of imidazole rings is 1. The molecule has 0 saturated carbocycles. The SMILES string of the molecule is CCCc1nc(C(=O)NCC(O)CN2CCN(c3cccc(C)c3C)CC2)c(C)n1-c1ccc2c(c1)OCCO2.Cl.Cl. The van der Waals surface area contributed by atoms with Crippen molar-refractivity contribution in [3.05, 3.63) is 64.7 Å². The van der Waals surface area contributed by atoms with Crippen LogP contribution in [0.15, 0.2) is 36.4 Å². The number of carbonyl (C=O) groups is 1. The van der Waals surface area contributed by atoms with E-state index in [1.807, 2.05) is 29.7 Å². The third-order valence-electron chi connectivity index (χ3n) is 7.91. The molecule has 1 saturated heterocycles. The Morgan fingerprint density at radius 2 is 1.74 bits per heavy atom. The smallest absolute Gasteiger partial charge is 0.271 e. The molecule has 1 unspecified atom stereocenters. The Labute approximate surface area is 261 Å². The summed E-state index contributed by atoms with van der Waals surface area (Å²) in [4.78, 5) is 22.6. The van der Waals surface area contributed by atoms with Crippen molar-refractivity contribution in [2.24, 2.45) is 0 Å². The van der Waals surface area contributed by atoms with Gasteiger partial charge >= 0.3 is 0 Å². The Hall–Kier alpha value is -2.98. The van der Waals surface area contributed by atoms with E-state index < -0.39 is 6.10 Å². The van der Waals surface area contributed by atoms with Crippen LogP contribution in [0.2, 0.25) is 0 Å². The molecule has 1 fully saturated rings. The van der Waals surface area contributed by atoms with Crippen molar-refractivity contribution in [3.63, 3.8) is 0 Å². The molecule has 3 heterocycles. The fourth-order valence-corrected chi connectivity index (χ4v) is 5.59. The van der Waals surface area contributed by atoms with Gasteiger partial charge in [0.05, 0.1) is 17.5 Å². The summed E-state index contributed by atoms with van der Waals surface area (Å²) in [5, 5.41) is 13.7. The number of anilines is 1. The number of benzene rings is 2. The molecule has 0 aliphatic carbocycles. The van der Waals surface area contributed by atoms with Gasteiger partial charge in [0.15, 0.2) is 11.5 Å². The first-order valence-corrected chi connectivity index (χ1v) is 14.3. The maximum absolute atomic E-state index is 13.2. The minimum absolute atomic E-state index is 0. The number of aliphatic hydroxyl groups is 1. The summed E-state index contributed by atoms with van der Waals surface area (Å²) >= 11 is 0. The maximum atomic E-state index is 13.2. The van der Waals surface area contributed by atoms with Gasteiger partial charge in [-0.15, -0.1) is 24.8 Å². The molecule has 42 heavy (non-hydrogen) atoms. The number of rotatable bonds is 9. The first-order valence-electron chi connectivity index (χ1n) is 14.3. The highest BCUT2D eigenvalue weighted by atomic mass is 35.5. The molecule has 1 atom stereocenters. The minimum Gasteiger partial charge on any atom is -0.486 e. The molecule has 230 valence electrons. The van der Waals surface area contributed by atoms with E-state index in [9.17, 15) is 9.90 Å². The van der Waals surface area contributed by atoms with Gasteiger partial charge in [0.25, 0.3) is 5.91 Å². The van der Waals surface area contributed by atoms with Gasteiger partial charge < -0.3 is 29.4 Å². The molecule has 2 aliphatic heterocycles. The Balaban J connectivity index is 0.00000242. The van der Waals surface area contributed by atoms with Crippen LogP contribution in [0, 0.1) is 20.8 Å². The van der Waals surface area contributed by atoms with Crippen molar-refractivity contribution in [2.45, 2.75) is 46.6 Å². The van der Waals surface area contributed by atoms with E-state index in [2.05, 4.69) is 54.1 Å². The molecular formula is C31H43Cl2N5O4. The number of fused-ring (bicyclic) bond motifs is 1. The zero-order chi connectivity index (χ0) is 28.2. The van der Waals surface area contributed by atoms with Crippen molar-refractivity contribution in [1.82, 2.24) is 19.8 Å². The Kier molecular flexibility index (Phi) is 11.9. The number of hydrogen-bond acceptors (Lipinski definition) is 7. The van der Waals surface area contributed by atoms with Crippen LogP contribution in [-0.2, 0) is 6.42 Å². The number of carbonyl (C=O) groups excluding carboxylic acids is 1. The van der Waals surface area contributed by atoms with Gasteiger partial charge in [0.2, 0.25) is 0 Å². The van der Waals surface area contributed by atoms with Crippen LogP contribution in [0.25, 0.3) is 5.69 Å². The predicted molar refractivity (Wildman–Crippen MR) is 171 cm³/mol. The average molecular weight is 621 g/mol. The summed E-state index contributed by atoms with van der Waals surface area (Å²) in [5.74, 6) is 1.97. The van der Waals surface area contributed by atoms with Crippen molar-refractivity contribution in [1.29, 1.82) is 0 Å². The highest BCUT2D eigenvalue weighted by Crippen LogP contribution is 2.33. The molecule has 2 aliphatic rings. The molecule has 0 bridgehead atoms. The molecular weight excluding hydrogens is 577 g/mol. The highest BCUT2D eigenvalue weighted by molar-refractivity contribution is 5.93. The Bertz CT molecular complexity index is 1360. The van der Waals surface area contributed by atoms with Gasteiger partial charge in [0, 0.05) is 57.4 Å². The van der Waals surface area contributed by atoms with E-state index >= 15 is 0 Å². The Morgan fingerprint density at radius 3 is 2.45 bits per heavy atom. The molecule has 3 aromatic rings. The summed E-state index contributed by atoms with van der Waals surface area (Å²) in [6.07, 6.45) is 0.975. The third-order valence-corrected chi connectivity index (χ3v) is 7.91. The number of aliphatic hydroxyl groups excluding tert-OH is 1. The van der Waals surface area contributed by atoms with Gasteiger partial charge in [-0.1, -0.05) is 19.1 Å². The molecule has 0 spiro atoms. The van der Waals surface area contributed by atoms with E-state index in [-0.39, 0.29) is 37.3 Å². The number of amides is 1. The van der Waals surface area contributed by atoms with Gasteiger partial charge in [0.1, 0.15) is 24.7 Å². The molecule has 2 N–H and O–H groups in total. The van der Waals surface area contributed by atoms with Crippen LogP contribution in [0.4, 0.5) is 5.69 Å². The number of β-amino-alcohol motifs (C(OH)–C–C–N with tert-alkyl or cyclic N) is 1. The molecule has 11 heteroatoms. The zero-order valence-electron chi connectivity index (χ0n) is 24.9. The number of hydrogen-bond donors (Lipinski definition) is 2. The van der Waals surface area contributed by atoms with Crippen LogP contribution < -0.4 is 19.7 Å². The fraction of sp³-hybridized carbons (Fsp3) is 0.484. The van der Waals surface area contributed by atoms with Crippen LogP contribution >= 0.6 is 24.8 Å². The van der Waals surface area contributed by atoms with Gasteiger partial charge in [-0.25, -0.2) is 4.98 Å². The second-order valence-electron chi connectivity index (χ2n) is 10.7. The quantitative estimate of drug-likeness (QED) is 0.369. The van der Waals surface area contributed by atoms with Crippen molar-refractivity contribution in [2.75, 3.05) is 57.4 Å². The van der Waals surface area contributed by atoms with Crippen molar-refractivity contribution in [3.8, 4) is 17.2 Å². The van der Waals surface area contributed by atoms with Crippen LogP contribution in [0.3, 0.4) is 0 Å². The average Bonchev–Trinajstić information content (AvgIpc) is 3.29. The number of ether oxygens (including phenoxy) is 2. The monoisotopic (exact) mass is 619 g/mol. The molecule has 9 nitrogen and oxygen atoms in total. The van der Waals surface area contributed by atoms with E-state index in [1.54, 1.807) is 0 Å². The summed E-state index contributed by atoms with van der Waals surface area (Å²) in [6.45, 7) is 13.7. The zero-order valence-corrected chi connectivity index (χ0v) is 26.5. The standard InChI is InChI=1S/C31H41N5O4.2ClH/c1-5-7-29-33-30(23(4)36(29)24-10-11-27-28(18-24)40-17-16-39-27)31(38)32-19-25(37)20-34-12-14-35(15-13-34)26-9-6-8-21(2)22(26)3;;/h6,8-11,18,25,37H,5,7,12-17,19-20H2,1-4H3,(H,32,38);2*1H. The second kappa shape index (κ2) is 15.0. The highest BCUT2D eigenvalue weighted by Gasteiger charge is 2.24. The molecule has 1 aromatic heterocycles. The third kappa shape index (κ3) is 7.32. The lowest BCUT2D eigenvalue weighted by Crippen LogP contribution is -2.50. The van der Waals surface area contributed by atoms with E-state index in [0.29, 0.717) is 31.2 Å². The van der Waals surface area contributed by atoms with E-state index in [0.717, 1.165) is 62.0 Å². The lowest BCUT2D eigenvalue weighted by Gasteiger charge is -2.37. The number of halogens is 2. The van der Waals surface area contributed by atoms with E-state index in [4.69, 9.17) is 14.5 Å². The van der Waals surface area contributed by atoms with Gasteiger partial charge in [-0.3, -0.25) is 9.69 Å². The van der Waals surface area contributed by atoms with Crippen molar-refractivity contribution < 1.29 is 19.4 Å². The molecule has 0 radical (unpaired) electrons. The largest absolute Gasteiger partial charge is 0.486 e. The summed E-state index contributed by atoms with van der Waals surface area (Å²) < 4.78 is 13.5. The van der Waals surface area contributed by atoms with Gasteiger partial charge in [-0.05, 0) is 56.5 Å². The predicted octanol–water partition coefficient (Wildman–Crippen LogP) is 4.28. The first-order chi connectivity index (χ1) is 19.4. The summed E-state index contributed by atoms with van der Waals surface area (Å²) in [7, 11) is 0. The van der Waals surface area contributed by atoms with E-state index in [1.165, 1.54) is 16.8 Å². The summed E-state index contributed by atoms with van der Waals surface area (Å²) in [6, 6.07) is 12.3. The molecule has 1 amide bonds. The lowest BCUT2D eigenvalue weighted by molar-refractivity contribution is 0.0847. The number of aryl methyl sites for hydroxylation is 2. The lowest BCUT2D eigenvalue weighted by atomic mass is 10.1. The maximum Gasteiger partial charge on any atom is 0.271 e. The first kappa shape index (κ1) is 33.5. The second-order valence-corrected chi connectivity index (χ2v) is 10.7. The number of aromatic nitrogens is 2. The minimum atomic E-state index is -0.661. The van der Waals surface area contributed by atoms with Crippen LogP contribution in [0.5, 0.6) is 11.5 Å². The molecule has 5 rings (SSSR count). The number of nitrogens with zero attached hydrogens (tertiary/aromatic N) is 4. The topological polar surface area (TPSA) is 92.1 Å². The number of nitrogens with one attached hydrogen (secondary N) is 1. The van der Waals surface area contributed by atoms with Gasteiger partial charge in [-0.2, -0.15) is 0 Å².